The number of H-pyrrole nitrogens is 1. The Kier molecular flexibility index (Phi) is 14.8. The molecular weight excluding hydrogens is 727 g/mol. The molecule has 306 valence electrons. The SMILES string of the molecule is CC(=O)c1c(C(=O)C(CC(O)C(N)C(C(=O)[C@@H](N)Cc2c[nH]cn2)C2CCCCC2)C(C)C)cnc(CNC(=O)[C@@H](N)[C@@H](C)O)c1Oc1cccc2ccccc12. The average molecular weight is 784 g/mol. The quantitative estimate of drug-likeness (QED) is 0.0663. The summed E-state index contributed by atoms with van der Waals surface area (Å²) in [5.74, 6) is -3.44. The highest BCUT2D eigenvalue weighted by molar-refractivity contribution is 6.10. The number of carbonyl (C=O) groups excluding carboxylic acids is 4. The Morgan fingerprint density at radius 1 is 0.965 bits per heavy atom. The van der Waals surface area contributed by atoms with Crippen molar-refractivity contribution in [2.75, 3.05) is 0 Å². The molecule has 14 heteroatoms. The molecule has 1 aliphatic rings. The van der Waals surface area contributed by atoms with Gasteiger partial charge in [0.05, 0.1) is 47.9 Å². The zero-order chi connectivity index (χ0) is 41.4. The Labute approximate surface area is 333 Å². The maximum Gasteiger partial charge on any atom is 0.239 e. The van der Waals surface area contributed by atoms with Crippen LogP contribution in [0.5, 0.6) is 11.5 Å². The van der Waals surface area contributed by atoms with Crippen LogP contribution in [0, 0.1) is 23.7 Å². The van der Waals surface area contributed by atoms with Crippen LogP contribution in [0.1, 0.15) is 98.3 Å². The van der Waals surface area contributed by atoms with Crippen LogP contribution in [0.2, 0.25) is 0 Å². The molecule has 0 spiro atoms. The summed E-state index contributed by atoms with van der Waals surface area (Å²) < 4.78 is 6.50. The van der Waals surface area contributed by atoms with Crippen LogP contribution in [0.15, 0.2) is 61.2 Å². The number of nitrogens with two attached hydrogens (primary N) is 3. The number of hydrogen-bond acceptors (Lipinski definition) is 12. The van der Waals surface area contributed by atoms with Crippen molar-refractivity contribution in [3.63, 3.8) is 0 Å². The lowest BCUT2D eigenvalue weighted by Gasteiger charge is -2.37. The molecule has 0 saturated heterocycles. The number of hydrogen-bond donors (Lipinski definition) is 7. The van der Waals surface area contributed by atoms with E-state index in [0.717, 1.165) is 42.9 Å². The molecule has 7 atom stereocenters. The molecule has 1 saturated carbocycles. The molecule has 1 amide bonds. The van der Waals surface area contributed by atoms with Gasteiger partial charge >= 0.3 is 0 Å². The van der Waals surface area contributed by atoms with Crippen LogP contribution >= 0.6 is 0 Å². The molecule has 4 unspecified atom stereocenters. The fraction of sp³-hybridized carbons (Fsp3) is 0.488. The standard InChI is InChI=1S/C43H57N7O7/c1-23(2)30(18-34(53)39(46)37(27-12-6-5-7-13-27)41(55)32(44)17-28-19-47-22-50-28)40(54)31-20-48-33(21-49-43(56)38(45)25(4)52)42(36(31)24(3)51)57-35-16-10-14-26-11-8-9-15-29(26)35/h8-11,14-16,19-20,22-23,25,27,30,32,34,37-39,52-53H,5-7,12-13,17-18,21,44-46H2,1-4H3,(H,47,50)(H,49,56)/t25-,30?,32+,34?,37?,38+,39?/m1/s1. The molecule has 0 radical (unpaired) electrons. The number of pyridine rings is 1. The van der Waals surface area contributed by atoms with Crippen molar-refractivity contribution in [1.29, 1.82) is 0 Å². The molecule has 2 heterocycles. The van der Waals surface area contributed by atoms with Gasteiger partial charge in [-0.05, 0) is 56.4 Å². The second kappa shape index (κ2) is 19.5. The van der Waals surface area contributed by atoms with Crippen LogP contribution < -0.4 is 27.3 Å². The number of aromatic nitrogens is 3. The number of nitrogens with zero attached hydrogens (tertiary/aromatic N) is 2. The third-order valence-electron chi connectivity index (χ3n) is 11.3. The van der Waals surface area contributed by atoms with E-state index >= 15 is 0 Å². The monoisotopic (exact) mass is 783 g/mol. The van der Waals surface area contributed by atoms with Gasteiger partial charge in [-0.1, -0.05) is 69.5 Å². The summed E-state index contributed by atoms with van der Waals surface area (Å²) in [4.78, 5) is 66.8. The van der Waals surface area contributed by atoms with Crippen LogP contribution in [-0.4, -0.2) is 78.8 Å². The number of amides is 1. The molecular formula is C43H57N7O7. The number of aliphatic hydroxyl groups is 2. The molecule has 4 aromatic rings. The molecule has 57 heavy (non-hydrogen) atoms. The predicted octanol–water partition coefficient (Wildman–Crippen LogP) is 4.15. The summed E-state index contributed by atoms with van der Waals surface area (Å²) in [6, 6.07) is 9.84. The van der Waals surface area contributed by atoms with E-state index in [-0.39, 0.29) is 59.6 Å². The molecule has 2 aromatic heterocycles. The van der Waals surface area contributed by atoms with Gasteiger partial charge in [0.25, 0.3) is 0 Å². The van der Waals surface area contributed by atoms with Gasteiger partial charge in [0, 0.05) is 42.1 Å². The van der Waals surface area contributed by atoms with E-state index in [9.17, 15) is 29.4 Å². The van der Waals surface area contributed by atoms with E-state index in [4.69, 9.17) is 21.9 Å². The van der Waals surface area contributed by atoms with Crippen LogP contribution in [0.3, 0.4) is 0 Å². The van der Waals surface area contributed by atoms with E-state index in [1.165, 1.54) is 26.4 Å². The summed E-state index contributed by atoms with van der Waals surface area (Å²) in [7, 11) is 0. The fourth-order valence-electron chi connectivity index (χ4n) is 7.95. The van der Waals surface area contributed by atoms with Crippen molar-refractivity contribution in [3.05, 3.63) is 83.7 Å². The van der Waals surface area contributed by atoms with Crippen LogP contribution in [0.4, 0.5) is 0 Å². The largest absolute Gasteiger partial charge is 0.454 e. The van der Waals surface area contributed by atoms with Crippen molar-refractivity contribution < 1.29 is 34.1 Å². The van der Waals surface area contributed by atoms with Crippen molar-refractivity contribution >= 4 is 34.0 Å². The molecule has 1 aliphatic carbocycles. The van der Waals surface area contributed by atoms with E-state index in [0.29, 0.717) is 11.4 Å². The number of aromatic amines is 1. The van der Waals surface area contributed by atoms with Crippen molar-refractivity contribution in [1.82, 2.24) is 20.3 Å². The van der Waals surface area contributed by atoms with Gasteiger partial charge in [-0.3, -0.25) is 24.2 Å². The first-order valence-corrected chi connectivity index (χ1v) is 19.8. The minimum atomic E-state index is -1.26. The van der Waals surface area contributed by atoms with Gasteiger partial charge in [0.2, 0.25) is 5.91 Å². The second-order valence-corrected chi connectivity index (χ2v) is 15.7. The molecule has 0 bridgehead atoms. The highest BCUT2D eigenvalue weighted by Gasteiger charge is 2.41. The van der Waals surface area contributed by atoms with E-state index < -0.39 is 59.6 Å². The first-order chi connectivity index (χ1) is 27.2. The second-order valence-electron chi connectivity index (χ2n) is 15.7. The molecule has 2 aromatic carbocycles. The normalized spacial score (nSPS) is 17.3. The Balaban J connectivity index is 1.49. The number of aliphatic hydroxyl groups excluding tert-OH is 2. The van der Waals surface area contributed by atoms with Gasteiger partial charge in [-0.2, -0.15) is 0 Å². The molecule has 14 nitrogen and oxygen atoms in total. The van der Waals surface area contributed by atoms with Crippen molar-refractivity contribution in [2.45, 2.75) is 110 Å². The van der Waals surface area contributed by atoms with Crippen molar-refractivity contribution in [3.8, 4) is 11.5 Å². The lowest BCUT2D eigenvalue weighted by atomic mass is 9.70. The third-order valence-corrected chi connectivity index (χ3v) is 11.3. The topological polar surface area (TPSA) is 250 Å². The fourth-order valence-corrected chi connectivity index (χ4v) is 7.95. The van der Waals surface area contributed by atoms with Gasteiger partial charge in [0.15, 0.2) is 23.1 Å². The number of imidazole rings is 1. The Hall–Kier alpha value is -4.86. The number of fused-ring (bicyclic) bond motifs is 1. The highest BCUT2D eigenvalue weighted by Crippen LogP contribution is 2.38. The summed E-state index contributed by atoms with van der Waals surface area (Å²) in [6.45, 7) is 6.16. The molecule has 1 fully saturated rings. The number of nitrogens with one attached hydrogen (secondary N) is 2. The highest BCUT2D eigenvalue weighted by atomic mass is 16.5. The maximum absolute atomic E-state index is 14.7. The average Bonchev–Trinajstić information content (AvgIpc) is 3.71. The Morgan fingerprint density at radius 2 is 1.67 bits per heavy atom. The number of ether oxygens (including phenoxy) is 1. The number of Topliss-reactive ketones (excluding diaryl/α,β-unsaturated/α-hetero) is 3. The first kappa shape index (κ1) is 43.3. The number of benzene rings is 2. The van der Waals surface area contributed by atoms with Gasteiger partial charge < -0.3 is 42.5 Å². The summed E-state index contributed by atoms with van der Waals surface area (Å²) in [5.41, 5.74) is 19.9. The van der Waals surface area contributed by atoms with E-state index in [1.54, 1.807) is 18.3 Å². The van der Waals surface area contributed by atoms with Crippen LogP contribution in [0.25, 0.3) is 10.8 Å². The van der Waals surface area contributed by atoms with Crippen molar-refractivity contribution in [2.24, 2.45) is 40.9 Å². The molecule has 10 N–H and O–H groups in total. The summed E-state index contributed by atoms with van der Waals surface area (Å²) in [5, 5.41) is 26.0. The smallest absolute Gasteiger partial charge is 0.239 e. The zero-order valence-electron chi connectivity index (χ0n) is 33.2. The number of ketones is 3. The van der Waals surface area contributed by atoms with E-state index in [2.05, 4.69) is 20.3 Å². The van der Waals surface area contributed by atoms with Gasteiger partial charge in [-0.25, -0.2) is 4.98 Å². The van der Waals surface area contributed by atoms with E-state index in [1.807, 2.05) is 44.2 Å². The maximum atomic E-state index is 14.7. The summed E-state index contributed by atoms with van der Waals surface area (Å²) >= 11 is 0. The minimum absolute atomic E-state index is 0.0195. The Morgan fingerprint density at radius 3 is 2.32 bits per heavy atom. The Bertz CT molecular complexity index is 2010. The lowest BCUT2D eigenvalue weighted by Crippen LogP contribution is -2.53. The number of rotatable bonds is 19. The zero-order valence-corrected chi connectivity index (χ0v) is 33.2. The first-order valence-electron chi connectivity index (χ1n) is 19.8. The number of carbonyl (C=O) groups is 4. The van der Waals surface area contributed by atoms with Gasteiger partial charge in [0.1, 0.15) is 17.5 Å². The predicted molar refractivity (Wildman–Crippen MR) is 216 cm³/mol. The molecule has 5 rings (SSSR count). The summed E-state index contributed by atoms with van der Waals surface area (Å²) in [6.07, 6.45) is 6.75. The minimum Gasteiger partial charge on any atom is -0.454 e. The van der Waals surface area contributed by atoms with Gasteiger partial charge in [-0.15, -0.1) is 0 Å². The molecule has 0 aliphatic heterocycles. The van der Waals surface area contributed by atoms with Crippen LogP contribution in [-0.2, 0) is 22.6 Å². The lowest BCUT2D eigenvalue weighted by molar-refractivity contribution is -0.128. The third kappa shape index (κ3) is 10.4.